The van der Waals surface area contributed by atoms with Crippen molar-refractivity contribution in [1.29, 1.82) is 0 Å². The molecule has 3 aromatic rings. The van der Waals surface area contributed by atoms with Crippen LogP contribution in [0.25, 0.3) is 10.8 Å². The first-order chi connectivity index (χ1) is 15.0. The molecule has 1 aliphatic heterocycles. The minimum atomic E-state index is -0.214. The standard InChI is InChI=1S/C23H27N5O2S/c1-14-19-5-3-4-6-20(19)23(30)28(26-14)13-21(29)25-22-16-7-8-17(22)11-27(10-16)12-18-9-24-15(2)31-18/h3-6,9,16-17,22H,7-8,10-13H2,1-2H3,(H,25,29)/t16-,17+,22?. The molecule has 1 saturated heterocycles. The Morgan fingerprint density at radius 3 is 2.55 bits per heavy atom. The Morgan fingerprint density at radius 1 is 1.16 bits per heavy atom. The number of aromatic nitrogens is 3. The zero-order chi connectivity index (χ0) is 21.5. The number of likely N-dealkylation sites (tertiary alicyclic amines) is 1. The topological polar surface area (TPSA) is 80.1 Å². The van der Waals surface area contributed by atoms with Gasteiger partial charge in [-0.3, -0.25) is 14.5 Å². The van der Waals surface area contributed by atoms with Crippen LogP contribution in [0.5, 0.6) is 0 Å². The van der Waals surface area contributed by atoms with Gasteiger partial charge in [-0.1, -0.05) is 18.2 Å². The van der Waals surface area contributed by atoms with E-state index in [1.54, 1.807) is 17.4 Å². The summed E-state index contributed by atoms with van der Waals surface area (Å²) in [5.41, 5.74) is 0.545. The van der Waals surface area contributed by atoms with Gasteiger partial charge in [0.15, 0.2) is 0 Å². The molecule has 3 heterocycles. The molecule has 31 heavy (non-hydrogen) atoms. The molecule has 1 aliphatic carbocycles. The first-order valence-electron chi connectivity index (χ1n) is 10.9. The molecule has 7 nitrogen and oxygen atoms in total. The van der Waals surface area contributed by atoms with Crippen molar-refractivity contribution in [3.63, 3.8) is 0 Å². The number of piperidine rings is 1. The molecule has 3 atom stereocenters. The first kappa shape index (κ1) is 20.3. The molecule has 1 N–H and O–H groups in total. The molecule has 8 heteroatoms. The number of hydrogen-bond donors (Lipinski definition) is 1. The zero-order valence-corrected chi connectivity index (χ0v) is 18.7. The van der Waals surface area contributed by atoms with Crippen molar-refractivity contribution in [2.45, 2.75) is 45.8 Å². The number of fused-ring (bicyclic) bond motifs is 3. The van der Waals surface area contributed by atoms with Crippen molar-refractivity contribution in [3.8, 4) is 0 Å². The molecular weight excluding hydrogens is 410 g/mol. The second-order valence-electron chi connectivity index (χ2n) is 8.82. The number of rotatable bonds is 5. The van der Waals surface area contributed by atoms with Crippen molar-refractivity contribution >= 4 is 28.0 Å². The fourth-order valence-corrected chi connectivity index (χ4v) is 6.10. The summed E-state index contributed by atoms with van der Waals surface area (Å²) in [6, 6.07) is 7.60. The van der Waals surface area contributed by atoms with Gasteiger partial charge in [-0.2, -0.15) is 5.10 Å². The van der Waals surface area contributed by atoms with Gasteiger partial charge < -0.3 is 5.32 Å². The van der Waals surface area contributed by atoms with Crippen LogP contribution in [0.3, 0.4) is 0 Å². The minimum absolute atomic E-state index is 0.0374. The van der Waals surface area contributed by atoms with Crippen LogP contribution in [0.4, 0.5) is 0 Å². The molecule has 1 saturated carbocycles. The summed E-state index contributed by atoms with van der Waals surface area (Å²) in [6.07, 6.45) is 4.26. The van der Waals surface area contributed by atoms with Gasteiger partial charge >= 0.3 is 0 Å². The van der Waals surface area contributed by atoms with Crippen molar-refractivity contribution < 1.29 is 4.79 Å². The van der Waals surface area contributed by atoms with Gasteiger partial charge in [0, 0.05) is 42.1 Å². The van der Waals surface area contributed by atoms with Crippen LogP contribution >= 0.6 is 11.3 Å². The van der Waals surface area contributed by atoms with Crippen LogP contribution in [-0.4, -0.2) is 44.7 Å². The number of nitrogens with one attached hydrogen (secondary N) is 1. The van der Waals surface area contributed by atoms with Crippen LogP contribution in [0.15, 0.2) is 35.3 Å². The Hall–Kier alpha value is -2.58. The van der Waals surface area contributed by atoms with Gasteiger partial charge in [0.2, 0.25) is 5.91 Å². The van der Waals surface area contributed by atoms with E-state index in [-0.39, 0.29) is 24.1 Å². The number of benzene rings is 1. The summed E-state index contributed by atoms with van der Waals surface area (Å²) in [6.45, 7) is 6.80. The van der Waals surface area contributed by atoms with Crippen molar-refractivity contribution in [2.75, 3.05) is 13.1 Å². The SMILES string of the molecule is Cc1ncc(CN2C[C@H]3CC[C@@H](C2)C3NC(=O)Cn2nc(C)c3ccccc3c2=O)s1. The Bertz CT molecular complexity index is 1170. The van der Waals surface area contributed by atoms with Crippen LogP contribution < -0.4 is 10.9 Å². The highest BCUT2D eigenvalue weighted by Gasteiger charge is 2.42. The third kappa shape index (κ3) is 4.02. The Kier molecular flexibility index (Phi) is 5.35. The summed E-state index contributed by atoms with van der Waals surface area (Å²) >= 11 is 1.76. The van der Waals surface area contributed by atoms with E-state index in [2.05, 4.69) is 20.3 Å². The van der Waals surface area contributed by atoms with Crippen LogP contribution in [0.1, 0.15) is 28.4 Å². The molecule has 0 spiro atoms. The zero-order valence-electron chi connectivity index (χ0n) is 17.9. The van der Waals surface area contributed by atoms with E-state index < -0.39 is 0 Å². The lowest BCUT2D eigenvalue weighted by Crippen LogP contribution is -2.53. The molecule has 162 valence electrons. The van der Waals surface area contributed by atoms with E-state index >= 15 is 0 Å². The molecule has 5 rings (SSSR count). The van der Waals surface area contributed by atoms with Crippen LogP contribution in [-0.2, 0) is 17.9 Å². The molecule has 0 radical (unpaired) electrons. The molecule has 1 unspecified atom stereocenters. The highest BCUT2D eigenvalue weighted by molar-refractivity contribution is 7.11. The summed E-state index contributed by atoms with van der Waals surface area (Å²) in [4.78, 5) is 33.8. The Labute approximate surface area is 185 Å². The van der Waals surface area contributed by atoms with Crippen molar-refractivity contribution in [3.05, 3.63) is 56.4 Å². The summed E-state index contributed by atoms with van der Waals surface area (Å²) < 4.78 is 1.30. The number of thiazole rings is 1. The maximum absolute atomic E-state index is 12.8. The lowest BCUT2D eigenvalue weighted by molar-refractivity contribution is -0.123. The third-order valence-corrected chi connectivity index (χ3v) is 7.53. The van der Waals surface area contributed by atoms with Gasteiger partial charge in [-0.05, 0) is 44.6 Å². The molecule has 2 fully saturated rings. The fourth-order valence-electron chi connectivity index (χ4n) is 5.26. The van der Waals surface area contributed by atoms with Gasteiger partial charge in [-0.25, -0.2) is 9.67 Å². The lowest BCUT2D eigenvalue weighted by Gasteiger charge is -2.38. The quantitative estimate of drug-likeness (QED) is 0.663. The van der Waals surface area contributed by atoms with Gasteiger partial charge in [0.25, 0.3) is 5.56 Å². The molecule has 2 aliphatic rings. The summed E-state index contributed by atoms with van der Waals surface area (Å²) in [7, 11) is 0. The second-order valence-corrected chi connectivity index (χ2v) is 10.1. The maximum Gasteiger partial charge on any atom is 0.275 e. The van der Waals surface area contributed by atoms with E-state index in [9.17, 15) is 9.59 Å². The average molecular weight is 438 g/mol. The summed E-state index contributed by atoms with van der Waals surface area (Å²) in [5, 5.41) is 10.2. The van der Waals surface area contributed by atoms with Crippen molar-refractivity contribution in [2.24, 2.45) is 11.8 Å². The highest BCUT2D eigenvalue weighted by Crippen LogP contribution is 2.37. The van der Waals surface area contributed by atoms with E-state index in [1.807, 2.05) is 38.2 Å². The van der Waals surface area contributed by atoms with Crippen molar-refractivity contribution in [1.82, 2.24) is 25.0 Å². The van der Waals surface area contributed by atoms with E-state index in [0.29, 0.717) is 17.2 Å². The van der Waals surface area contributed by atoms with Gasteiger partial charge in [0.05, 0.1) is 16.1 Å². The monoisotopic (exact) mass is 437 g/mol. The van der Waals surface area contributed by atoms with Crippen LogP contribution in [0, 0.1) is 25.7 Å². The second kappa shape index (κ2) is 8.16. The maximum atomic E-state index is 12.8. The molecule has 2 bridgehead atoms. The Morgan fingerprint density at radius 2 is 1.87 bits per heavy atom. The highest BCUT2D eigenvalue weighted by atomic mass is 32.1. The molecule has 1 aromatic carbocycles. The minimum Gasteiger partial charge on any atom is -0.351 e. The van der Waals surface area contributed by atoms with Crippen LogP contribution in [0.2, 0.25) is 0 Å². The number of amides is 1. The van der Waals surface area contributed by atoms with E-state index in [0.717, 1.165) is 48.6 Å². The fraction of sp³-hybridized carbons (Fsp3) is 0.478. The molecule has 1 amide bonds. The number of nitrogens with zero attached hydrogens (tertiary/aromatic N) is 4. The largest absolute Gasteiger partial charge is 0.351 e. The van der Waals surface area contributed by atoms with Gasteiger partial charge in [-0.15, -0.1) is 11.3 Å². The smallest absolute Gasteiger partial charge is 0.275 e. The lowest BCUT2D eigenvalue weighted by atomic mass is 9.92. The number of aryl methyl sites for hydroxylation is 2. The normalized spacial score (nSPS) is 23.4. The first-order valence-corrected chi connectivity index (χ1v) is 11.7. The predicted molar refractivity (Wildman–Crippen MR) is 121 cm³/mol. The number of carbonyl (C=O) groups is 1. The van der Waals surface area contributed by atoms with E-state index in [1.165, 1.54) is 9.56 Å². The van der Waals surface area contributed by atoms with Gasteiger partial charge in [0.1, 0.15) is 6.54 Å². The number of carbonyl (C=O) groups excluding carboxylic acids is 1. The van der Waals surface area contributed by atoms with E-state index in [4.69, 9.17) is 0 Å². The molecular formula is C23H27N5O2S. The molecule has 2 aromatic heterocycles. The average Bonchev–Trinajstić information content (AvgIpc) is 3.24. The third-order valence-electron chi connectivity index (χ3n) is 6.63. The summed E-state index contributed by atoms with van der Waals surface area (Å²) in [5.74, 6) is 0.789. The number of hydrogen-bond acceptors (Lipinski definition) is 6. The Balaban J connectivity index is 1.25. The predicted octanol–water partition coefficient (Wildman–Crippen LogP) is 2.50.